The van der Waals surface area contributed by atoms with Crippen LogP contribution in [0.15, 0.2) is 74.1 Å². The molecule has 6 aromatic heterocycles. The Morgan fingerprint density at radius 1 is 0.660 bits per heavy atom. The number of nitrogen functional groups attached to an aromatic ring is 2. The average Bonchev–Trinajstić information content (AvgIpc) is 3.98. The van der Waals surface area contributed by atoms with E-state index < -0.39 is 36.6 Å². The van der Waals surface area contributed by atoms with Crippen LogP contribution in [-0.2, 0) is 18.9 Å². The molecule has 20 heteroatoms. The molecule has 0 saturated carbocycles. The maximum absolute atomic E-state index is 10.4. The molecule has 0 aromatic carbocycles. The van der Waals surface area contributed by atoms with Crippen LogP contribution >= 0.6 is 0 Å². The lowest BCUT2D eigenvalue weighted by Gasteiger charge is -2.24. The standard InChI is InChI=1S/C18H20N6O4.C15H16N6O4/c1-18(2)27-13-10(7-25-11-5-3-4-6-20-11)26-17(14(13)28-18)24-9-23-12-15(19)21-8-22-16(12)24;16-13-10-14(19-6-18-13)21(7-20-10)15-12(23)11(22)8(25-15)5-24-9-3-1-2-4-17-9/h3-6,8-10,13-14,17H,7H2,1-2H3,(H2,19,21,22);1-4,6-8,11-12,15,22-23H,5H2,(H2,16,18,19)/t10-,13-,14-,17-;8-,11-,12-,15-/m11/s1. The summed E-state index contributed by atoms with van der Waals surface area (Å²) in [4.78, 5) is 33.0. The van der Waals surface area contributed by atoms with E-state index in [2.05, 4.69) is 39.9 Å². The lowest BCUT2D eigenvalue weighted by atomic mass is 10.1. The number of fused-ring (bicyclic) bond motifs is 3. The van der Waals surface area contributed by atoms with Gasteiger partial charge in [-0.3, -0.25) is 9.13 Å². The Labute approximate surface area is 300 Å². The average molecular weight is 729 g/mol. The monoisotopic (exact) mass is 728 g/mol. The zero-order chi connectivity index (χ0) is 36.7. The van der Waals surface area contributed by atoms with Crippen LogP contribution in [0.5, 0.6) is 11.8 Å². The van der Waals surface area contributed by atoms with Gasteiger partial charge in [-0.15, -0.1) is 0 Å². The summed E-state index contributed by atoms with van der Waals surface area (Å²) in [6, 6.07) is 10.7. The predicted molar refractivity (Wildman–Crippen MR) is 183 cm³/mol. The largest absolute Gasteiger partial charge is 0.475 e. The molecule has 0 radical (unpaired) electrons. The van der Waals surface area contributed by atoms with Crippen molar-refractivity contribution in [2.75, 3.05) is 24.7 Å². The number of aliphatic hydroxyl groups is 2. The summed E-state index contributed by atoms with van der Waals surface area (Å²) < 4.78 is 38.9. The fourth-order valence-corrected chi connectivity index (χ4v) is 6.43. The number of hydrogen-bond donors (Lipinski definition) is 4. The van der Waals surface area contributed by atoms with Gasteiger partial charge < -0.3 is 50.1 Å². The lowest BCUT2D eigenvalue weighted by molar-refractivity contribution is -0.199. The highest BCUT2D eigenvalue weighted by Gasteiger charge is 2.56. The van der Waals surface area contributed by atoms with E-state index in [1.54, 1.807) is 47.6 Å². The lowest BCUT2D eigenvalue weighted by Crippen LogP contribution is -2.34. The topological polar surface area (TPSA) is 261 Å². The van der Waals surface area contributed by atoms with Crippen LogP contribution in [0.4, 0.5) is 11.6 Å². The van der Waals surface area contributed by atoms with Gasteiger partial charge in [0.15, 0.2) is 41.2 Å². The van der Waals surface area contributed by atoms with E-state index in [0.717, 1.165) is 0 Å². The van der Waals surface area contributed by atoms with Crippen LogP contribution in [0.2, 0.25) is 0 Å². The maximum Gasteiger partial charge on any atom is 0.213 e. The van der Waals surface area contributed by atoms with Gasteiger partial charge in [0.1, 0.15) is 73.5 Å². The molecule has 20 nitrogen and oxygen atoms in total. The van der Waals surface area contributed by atoms with E-state index in [0.29, 0.717) is 39.9 Å². The number of anilines is 2. The first-order chi connectivity index (χ1) is 25.7. The van der Waals surface area contributed by atoms with Crippen molar-refractivity contribution in [1.29, 1.82) is 0 Å². The van der Waals surface area contributed by atoms with Crippen molar-refractivity contribution in [2.24, 2.45) is 0 Å². The minimum atomic E-state index is -1.18. The molecule has 8 atom stereocenters. The van der Waals surface area contributed by atoms with Crippen LogP contribution in [0.25, 0.3) is 22.3 Å². The molecular weight excluding hydrogens is 692 g/mol. The third-order valence-electron chi connectivity index (χ3n) is 8.85. The molecule has 6 aromatic rings. The van der Waals surface area contributed by atoms with Gasteiger partial charge in [0.2, 0.25) is 11.8 Å². The minimum absolute atomic E-state index is 0.0372. The van der Waals surface area contributed by atoms with Crippen molar-refractivity contribution in [3.63, 3.8) is 0 Å². The van der Waals surface area contributed by atoms with E-state index in [-0.39, 0.29) is 37.3 Å². The van der Waals surface area contributed by atoms with Gasteiger partial charge in [-0.1, -0.05) is 12.1 Å². The van der Waals surface area contributed by atoms with E-state index in [9.17, 15) is 10.2 Å². The van der Waals surface area contributed by atoms with E-state index in [4.69, 9.17) is 39.9 Å². The molecule has 0 spiro atoms. The van der Waals surface area contributed by atoms with Crippen molar-refractivity contribution >= 4 is 34.0 Å². The Balaban J connectivity index is 0.000000152. The summed E-state index contributed by atoms with van der Waals surface area (Å²) in [5.74, 6) is 0.747. The van der Waals surface area contributed by atoms with Gasteiger partial charge in [-0.05, 0) is 26.0 Å². The highest BCUT2D eigenvalue weighted by molar-refractivity contribution is 5.81. The Hall–Kier alpha value is -5.64. The highest BCUT2D eigenvalue weighted by Crippen LogP contribution is 2.44. The molecule has 0 aliphatic carbocycles. The zero-order valence-corrected chi connectivity index (χ0v) is 28.4. The molecule has 276 valence electrons. The van der Waals surface area contributed by atoms with Crippen molar-refractivity contribution in [3.8, 4) is 11.8 Å². The number of ether oxygens (including phenoxy) is 6. The number of rotatable bonds is 8. The third kappa shape index (κ3) is 6.74. The van der Waals surface area contributed by atoms with E-state index >= 15 is 0 Å². The third-order valence-corrected chi connectivity index (χ3v) is 8.85. The van der Waals surface area contributed by atoms with Crippen LogP contribution in [0, 0.1) is 0 Å². The summed E-state index contributed by atoms with van der Waals surface area (Å²) >= 11 is 0. The number of pyridine rings is 2. The summed E-state index contributed by atoms with van der Waals surface area (Å²) in [6.45, 7) is 4.07. The van der Waals surface area contributed by atoms with E-state index in [1.165, 1.54) is 23.5 Å². The first-order valence-electron chi connectivity index (χ1n) is 16.6. The Morgan fingerprint density at radius 3 is 1.75 bits per heavy atom. The molecule has 3 fully saturated rings. The first kappa shape index (κ1) is 34.4. The van der Waals surface area contributed by atoms with Gasteiger partial charge in [0.05, 0.1) is 12.7 Å². The molecule has 6 N–H and O–H groups in total. The normalized spacial score (nSPS) is 27.4. The first-order valence-corrected chi connectivity index (χ1v) is 16.6. The Bertz CT molecular complexity index is 2170. The summed E-state index contributed by atoms with van der Waals surface area (Å²) in [7, 11) is 0. The van der Waals surface area contributed by atoms with Crippen molar-refractivity contribution in [2.45, 2.75) is 68.7 Å². The quantitative estimate of drug-likeness (QED) is 0.169. The summed E-state index contributed by atoms with van der Waals surface area (Å²) in [6.07, 6.45) is 3.65. The van der Waals surface area contributed by atoms with Crippen molar-refractivity contribution < 1.29 is 38.6 Å². The number of nitrogens with zero attached hydrogens (tertiary/aromatic N) is 10. The second kappa shape index (κ2) is 14.1. The summed E-state index contributed by atoms with van der Waals surface area (Å²) in [5.41, 5.74) is 13.6. The zero-order valence-electron chi connectivity index (χ0n) is 28.4. The molecular formula is C33H36N12O8. The molecule has 53 heavy (non-hydrogen) atoms. The molecule has 0 amide bonds. The van der Waals surface area contributed by atoms with Gasteiger partial charge in [0, 0.05) is 24.5 Å². The smallest absolute Gasteiger partial charge is 0.213 e. The number of nitrogens with two attached hydrogens (primary N) is 2. The van der Waals surface area contributed by atoms with Gasteiger partial charge >= 0.3 is 0 Å². The second-order valence-electron chi connectivity index (χ2n) is 12.8. The Kier molecular flexibility index (Phi) is 9.14. The number of hydrogen-bond acceptors (Lipinski definition) is 18. The predicted octanol–water partition coefficient (Wildman–Crippen LogP) is 0.802. The molecule has 3 saturated heterocycles. The SMILES string of the molecule is CC1(C)O[C@@H]2[C@H](O1)[C@@H](COc1ccccn1)O[C@H]2n1cnc2c(N)ncnc21.Nc1ncnc2c1ncn2[C@@H]1O[C@H](COc2ccccn2)[C@@H](O)[C@H]1O. The maximum atomic E-state index is 10.4. The minimum Gasteiger partial charge on any atom is -0.475 e. The van der Waals surface area contributed by atoms with E-state index in [1.807, 2.05) is 26.0 Å². The molecule has 9 rings (SSSR count). The fourth-order valence-electron chi connectivity index (χ4n) is 6.43. The highest BCUT2D eigenvalue weighted by atomic mass is 16.8. The summed E-state index contributed by atoms with van der Waals surface area (Å²) in [5, 5.41) is 20.6. The second-order valence-corrected chi connectivity index (χ2v) is 12.8. The van der Waals surface area contributed by atoms with Crippen molar-refractivity contribution in [3.05, 3.63) is 74.1 Å². The molecule has 0 unspecified atom stereocenters. The van der Waals surface area contributed by atoms with Crippen LogP contribution in [0.1, 0.15) is 26.3 Å². The fraction of sp³-hybridized carbons (Fsp3) is 0.394. The van der Waals surface area contributed by atoms with Gasteiger partial charge in [-0.25, -0.2) is 39.9 Å². The number of aliphatic hydroxyl groups excluding tert-OH is 2. The molecule has 3 aliphatic heterocycles. The Morgan fingerprint density at radius 2 is 1.19 bits per heavy atom. The van der Waals surface area contributed by atoms with Gasteiger partial charge in [0.25, 0.3) is 0 Å². The number of aromatic nitrogens is 10. The van der Waals surface area contributed by atoms with Crippen LogP contribution < -0.4 is 20.9 Å². The molecule has 0 bridgehead atoms. The van der Waals surface area contributed by atoms with Gasteiger partial charge in [-0.2, -0.15) is 0 Å². The number of imidazole rings is 2. The van der Waals surface area contributed by atoms with Crippen molar-refractivity contribution in [1.82, 2.24) is 49.0 Å². The van der Waals surface area contributed by atoms with Crippen LogP contribution in [0.3, 0.4) is 0 Å². The molecule has 3 aliphatic rings. The molecule has 9 heterocycles. The van der Waals surface area contributed by atoms with Crippen LogP contribution in [-0.4, -0.2) is 115 Å².